The number of hydrogen-bond donors (Lipinski definition) is 3. The van der Waals surface area contributed by atoms with Crippen molar-refractivity contribution >= 4 is 29.5 Å². The smallest absolute Gasteiger partial charge is 0.252 e. The Morgan fingerprint density at radius 1 is 1.14 bits per heavy atom. The molecule has 3 aromatic rings. The summed E-state index contributed by atoms with van der Waals surface area (Å²) in [5, 5.41) is 8.46. The van der Waals surface area contributed by atoms with Crippen LogP contribution in [0.2, 0.25) is 5.02 Å². The number of fused-ring (bicyclic) bond motifs is 2. The fourth-order valence-corrected chi connectivity index (χ4v) is 5.44. The average Bonchev–Trinajstić information content (AvgIpc) is 3.29. The molecular formula is C26H27ClN6O2. The molecule has 2 aliphatic rings. The molecule has 5 rings (SSSR count). The van der Waals surface area contributed by atoms with E-state index in [0.717, 1.165) is 25.0 Å². The number of nitrogens with zero attached hydrogens (tertiary/aromatic N) is 3. The first-order valence-corrected chi connectivity index (χ1v) is 12.0. The molecule has 2 atom stereocenters. The lowest BCUT2D eigenvalue weighted by molar-refractivity contribution is -0.125. The maximum Gasteiger partial charge on any atom is 0.252 e. The second-order valence-corrected chi connectivity index (χ2v) is 9.42. The Bertz CT molecular complexity index is 1370. The number of benzene rings is 2. The lowest BCUT2D eigenvalue weighted by atomic mass is 9.87. The van der Waals surface area contributed by atoms with Gasteiger partial charge in [-0.05, 0) is 73.1 Å². The van der Waals surface area contributed by atoms with E-state index in [-0.39, 0.29) is 17.5 Å². The number of nitrogens with one attached hydrogen (secondary N) is 1. The fraction of sp³-hybridized carbons (Fsp3) is 0.269. The first-order valence-electron chi connectivity index (χ1n) is 11.7. The topological polar surface area (TPSA) is 119 Å². The van der Waals surface area contributed by atoms with Crippen molar-refractivity contribution in [2.45, 2.75) is 44.2 Å². The Labute approximate surface area is 208 Å². The zero-order valence-corrected chi connectivity index (χ0v) is 19.9. The number of hydrogen-bond acceptors (Lipinski definition) is 5. The number of halogens is 1. The molecule has 1 aromatic heterocycles. The minimum atomic E-state index is -0.533. The summed E-state index contributed by atoms with van der Waals surface area (Å²) >= 11 is 6.24. The van der Waals surface area contributed by atoms with Gasteiger partial charge in [-0.3, -0.25) is 14.6 Å². The van der Waals surface area contributed by atoms with Crippen molar-refractivity contribution in [3.05, 3.63) is 86.8 Å². The van der Waals surface area contributed by atoms with E-state index in [9.17, 15) is 9.59 Å². The third-order valence-electron chi connectivity index (χ3n) is 6.86. The number of amides is 1. The second-order valence-electron chi connectivity index (χ2n) is 8.98. The van der Waals surface area contributed by atoms with Gasteiger partial charge in [0, 0.05) is 22.3 Å². The van der Waals surface area contributed by atoms with Crippen molar-refractivity contribution in [2.24, 2.45) is 16.8 Å². The number of hydrazine groups is 1. The van der Waals surface area contributed by atoms with Crippen LogP contribution in [0, 0.1) is 0 Å². The minimum Gasteiger partial charge on any atom is -0.347 e. The second kappa shape index (κ2) is 9.56. The summed E-state index contributed by atoms with van der Waals surface area (Å²) in [6.45, 7) is 0. The number of pyridine rings is 1. The Morgan fingerprint density at radius 2 is 1.97 bits per heavy atom. The van der Waals surface area contributed by atoms with Crippen molar-refractivity contribution < 1.29 is 4.79 Å². The van der Waals surface area contributed by atoms with E-state index in [1.165, 1.54) is 28.5 Å². The summed E-state index contributed by atoms with van der Waals surface area (Å²) < 4.78 is 1.61. The van der Waals surface area contributed by atoms with Crippen LogP contribution >= 0.6 is 11.6 Å². The van der Waals surface area contributed by atoms with Gasteiger partial charge in [0.15, 0.2) is 0 Å². The zero-order chi connectivity index (χ0) is 24.5. The molecular weight excluding hydrogens is 464 g/mol. The van der Waals surface area contributed by atoms with Crippen LogP contribution in [0.4, 0.5) is 5.69 Å². The van der Waals surface area contributed by atoms with Crippen LogP contribution in [0.1, 0.15) is 48.2 Å². The number of carbonyl (C=O) groups excluding carboxylic acids is 1. The number of aryl methyl sites for hydroxylation is 2. The standard InChI is InChI=1S/C26H27ClN6O2/c27-18-8-10-23(32(29)15-30-28)21(14-18)17-12-19-9-11-24(33(19)25(34)13-17)26(35)31-22-7-3-5-16-4-1-2-6-20(16)22/h1-2,4,6,8,10,12-15,22,24H,3,5,7,9,11,28-29H2,(H,31,35)/b30-15-. The Kier molecular flexibility index (Phi) is 6.32. The molecule has 1 aliphatic heterocycles. The number of rotatable bonds is 5. The monoisotopic (exact) mass is 490 g/mol. The molecule has 0 bridgehead atoms. The molecule has 0 fully saturated rings. The molecule has 0 spiro atoms. The van der Waals surface area contributed by atoms with Crippen LogP contribution < -0.4 is 27.6 Å². The highest BCUT2D eigenvalue weighted by Crippen LogP contribution is 2.35. The summed E-state index contributed by atoms with van der Waals surface area (Å²) in [5.41, 5.74) is 4.96. The highest BCUT2D eigenvalue weighted by atomic mass is 35.5. The summed E-state index contributed by atoms with van der Waals surface area (Å²) in [7, 11) is 0. The van der Waals surface area contributed by atoms with Crippen LogP contribution in [-0.2, 0) is 17.6 Å². The van der Waals surface area contributed by atoms with Gasteiger partial charge in [0.25, 0.3) is 5.56 Å². The van der Waals surface area contributed by atoms with Crippen LogP contribution in [0.15, 0.2) is 64.5 Å². The van der Waals surface area contributed by atoms with Gasteiger partial charge in [0.1, 0.15) is 12.4 Å². The number of anilines is 1. The van der Waals surface area contributed by atoms with Crippen LogP contribution in [0.3, 0.4) is 0 Å². The van der Waals surface area contributed by atoms with Crippen molar-refractivity contribution in [1.29, 1.82) is 0 Å². The van der Waals surface area contributed by atoms with E-state index in [2.05, 4.69) is 22.6 Å². The van der Waals surface area contributed by atoms with E-state index in [0.29, 0.717) is 34.7 Å². The maximum atomic E-state index is 13.3. The Morgan fingerprint density at radius 3 is 2.80 bits per heavy atom. The lowest BCUT2D eigenvalue weighted by Gasteiger charge is -2.28. The molecule has 9 heteroatoms. The molecule has 1 amide bonds. The van der Waals surface area contributed by atoms with Crippen LogP contribution in [-0.4, -0.2) is 16.8 Å². The van der Waals surface area contributed by atoms with Gasteiger partial charge in [-0.25, -0.2) is 5.84 Å². The Balaban J connectivity index is 1.45. The molecule has 2 heterocycles. The highest BCUT2D eigenvalue weighted by molar-refractivity contribution is 6.31. The molecule has 8 nitrogen and oxygen atoms in total. The maximum absolute atomic E-state index is 13.3. The molecule has 35 heavy (non-hydrogen) atoms. The number of nitrogens with two attached hydrogens (primary N) is 2. The first kappa shape index (κ1) is 23.1. The number of carbonyl (C=O) groups is 1. The van der Waals surface area contributed by atoms with Crippen LogP contribution in [0.5, 0.6) is 0 Å². The van der Waals surface area contributed by atoms with E-state index >= 15 is 0 Å². The van der Waals surface area contributed by atoms with Crippen molar-refractivity contribution in [3.8, 4) is 11.1 Å². The molecule has 5 N–H and O–H groups in total. The largest absolute Gasteiger partial charge is 0.347 e. The molecule has 1 aliphatic carbocycles. The molecule has 0 saturated heterocycles. The van der Waals surface area contributed by atoms with E-state index in [1.807, 2.05) is 18.2 Å². The summed E-state index contributed by atoms with van der Waals surface area (Å²) in [6.07, 6.45) is 5.42. The lowest BCUT2D eigenvalue weighted by Crippen LogP contribution is -2.38. The van der Waals surface area contributed by atoms with Gasteiger partial charge in [0.05, 0.1) is 11.7 Å². The van der Waals surface area contributed by atoms with Gasteiger partial charge in [-0.2, -0.15) is 5.10 Å². The van der Waals surface area contributed by atoms with E-state index < -0.39 is 6.04 Å². The van der Waals surface area contributed by atoms with Crippen molar-refractivity contribution in [1.82, 2.24) is 9.88 Å². The zero-order valence-electron chi connectivity index (χ0n) is 19.2. The molecule has 2 unspecified atom stereocenters. The predicted octanol–water partition coefficient (Wildman–Crippen LogP) is 3.43. The SMILES string of the molecule is N/N=C\N(N)c1ccc(Cl)cc1-c1cc2n(c(=O)c1)C(C(=O)NC1CCCc3ccccc31)CC2. The third-order valence-corrected chi connectivity index (χ3v) is 7.10. The highest BCUT2D eigenvalue weighted by Gasteiger charge is 2.32. The minimum absolute atomic E-state index is 0.0276. The first-order chi connectivity index (χ1) is 17.0. The van der Waals surface area contributed by atoms with E-state index in [1.54, 1.807) is 22.8 Å². The van der Waals surface area contributed by atoms with Gasteiger partial charge in [0.2, 0.25) is 5.91 Å². The van der Waals surface area contributed by atoms with Gasteiger partial charge in [-0.15, -0.1) is 0 Å². The predicted molar refractivity (Wildman–Crippen MR) is 138 cm³/mol. The molecule has 2 aromatic carbocycles. The summed E-state index contributed by atoms with van der Waals surface area (Å²) in [4.78, 5) is 26.6. The van der Waals surface area contributed by atoms with Crippen molar-refractivity contribution in [2.75, 3.05) is 5.01 Å². The van der Waals surface area contributed by atoms with Gasteiger partial charge >= 0.3 is 0 Å². The van der Waals surface area contributed by atoms with Crippen molar-refractivity contribution in [3.63, 3.8) is 0 Å². The van der Waals surface area contributed by atoms with Gasteiger partial charge in [-0.1, -0.05) is 35.9 Å². The fourth-order valence-electron chi connectivity index (χ4n) is 5.27. The quantitative estimate of drug-likeness (QED) is 0.219. The summed E-state index contributed by atoms with van der Waals surface area (Å²) in [5.74, 6) is 11.2. The normalized spacial score (nSPS) is 18.8. The molecule has 0 saturated carbocycles. The third kappa shape index (κ3) is 4.42. The van der Waals surface area contributed by atoms with E-state index in [4.69, 9.17) is 23.3 Å². The van der Waals surface area contributed by atoms with Crippen LogP contribution in [0.25, 0.3) is 11.1 Å². The summed E-state index contributed by atoms with van der Waals surface area (Å²) in [6, 6.07) is 16.3. The molecule has 180 valence electrons. The molecule has 0 radical (unpaired) electrons. The van der Waals surface area contributed by atoms with Gasteiger partial charge < -0.3 is 15.7 Å². The Hall–Kier alpha value is -3.62. The average molecular weight is 491 g/mol. The number of hydrazone groups is 1. The number of aromatic nitrogens is 1.